The second kappa shape index (κ2) is 6.96. The van der Waals surface area contributed by atoms with E-state index in [4.69, 9.17) is 9.47 Å². The Morgan fingerprint density at radius 2 is 1.58 bits per heavy atom. The smallest absolute Gasteiger partial charge is 0.357 e. The Kier molecular flexibility index (Phi) is 4.57. The number of fused-ring (bicyclic) bond motifs is 1. The summed E-state index contributed by atoms with van der Waals surface area (Å²) in [7, 11) is 2.96. The minimum Gasteiger partial charge on any atom is -0.497 e. The van der Waals surface area contributed by atoms with Gasteiger partial charge in [-0.1, -0.05) is 36.4 Å². The fourth-order valence-electron chi connectivity index (χ4n) is 2.45. The molecule has 120 valence electrons. The van der Waals surface area contributed by atoms with E-state index in [9.17, 15) is 4.79 Å². The van der Waals surface area contributed by atoms with Crippen molar-refractivity contribution < 1.29 is 14.3 Å². The molecule has 0 aliphatic carbocycles. The van der Waals surface area contributed by atoms with Crippen molar-refractivity contribution in [2.75, 3.05) is 14.2 Å². The van der Waals surface area contributed by atoms with E-state index >= 15 is 0 Å². The van der Waals surface area contributed by atoms with Crippen LogP contribution in [0.2, 0.25) is 0 Å². The molecule has 0 bridgehead atoms. The van der Waals surface area contributed by atoms with Crippen LogP contribution in [0, 0.1) is 0 Å². The van der Waals surface area contributed by atoms with Crippen LogP contribution in [0.25, 0.3) is 10.8 Å². The van der Waals surface area contributed by atoms with Gasteiger partial charge in [-0.3, -0.25) is 0 Å². The van der Waals surface area contributed by atoms with Crippen molar-refractivity contribution in [3.05, 3.63) is 72.3 Å². The van der Waals surface area contributed by atoms with Crippen LogP contribution in [0.4, 0.5) is 5.69 Å². The molecule has 0 spiro atoms. The molecule has 0 radical (unpaired) electrons. The molecule has 0 aromatic heterocycles. The number of nitrogens with zero attached hydrogens (tertiary/aromatic N) is 1. The number of ether oxygens (including phenoxy) is 2. The van der Waals surface area contributed by atoms with Gasteiger partial charge in [0.25, 0.3) is 0 Å². The third kappa shape index (κ3) is 3.27. The highest BCUT2D eigenvalue weighted by Gasteiger charge is 2.15. The van der Waals surface area contributed by atoms with E-state index in [1.165, 1.54) is 7.11 Å². The van der Waals surface area contributed by atoms with Crippen molar-refractivity contribution in [1.82, 2.24) is 0 Å². The topological polar surface area (TPSA) is 47.9 Å². The van der Waals surface area contributed by atoms with E-state index in [0.717, 1.165) is 22.1 Å². The monoisotopic (exact) mass is 319 g/mol. The molecule has 24 heavy (non-hydrogen) atoms. The first-order chi connectivity index (χ1) is 11.7. The number of carbonyl (C=O) groups excluding carboxylic acids is 1. The van der Waals surface area contributed by atoms with Crippen LogP contribution in [-0.2, 0) is 9.53 Å². The third-order valence-electron chi connectivity index (χ3n) is 3.71. The molecule has 4 heteroatoms. The van der Waals surface area contributed by atoms with Gasteiger partial charge < -0.3 is 9.47 Å². The van der Waals surface area contributed by atoms with Crippen LogP contribution < -0.4 is 4.74 Å². The van der Waals surface area contributed by atoms with Crippen LogP contribution in [0.3, 0.4) is 0 Å². The molecule has 3 aromatic rings. The zero-order valence-electron chi connectivity index (χ0n) is 13.5. The Morgan fingerprint density at radius 1 is 0.875 bits per heavy atom. The summed E-state index contributed by atoms with van der Waals surface area (Å²) in [5.74, 6) is 0.264. The molecular formula is C20H17NO3. The van der Waals surface area contributed by atoms with Crippen molar-refractivity contribution in [3.63, 3.8) is 0 Å². The lowest BCUT2D eigenvalue weighted by Gasteiger charge is -2.07. The summed E-state index contributed by atoms with van der Waals surface area (Å²) in [5.41, 5.74) is 1.65. The van der Waals surface area contributed by atoms with Gasteiger partial charge >= 0.3 is 5.97 Å². The van der Waals surface area contributed by atoms with Crippen LogP contribution in [0.5, 0.6) is 5.75 Å². The average molecular weight is 319 g/mol. The molecule has 0 N–H and O–H groups in total. The minimum atomic E-state index is -0.471. The summed E-state index contributed by atoms with van der Waals surface area (Å²) in [6.45, 7) is 0. The van der Waals surface area contributed by atoms with Crippen LogP contribution >= 0.6 is 0 Å². The van der Waals surface area contributed by atoms with Crippen molar-refractivity contribution in [2.24, 2.45) is 4.99 Å². The lowest BCUT2D eigenvalue weighted by atomic mass is 10.0. The molecule has 0 heterocycles. The van der Waals surface area contributed by atoms with E-state index in [2.05, 4.69) is 4.99 Å². The van der Waals surface area contributed by atoms with Gasteiger partial charge in [-0.15, -0.1) is 0 Å². The maximum atomic E-state index is 12.2. The Labute approximate surface area is 140 Å². The molecule has 3 aromatic carbocycles. The zero-order chi connectivity index (χ0) is 16.9. The largest absolute Gasteiger partial charge is 0.497 e. The number of rotatable bonds is 4. The first-order valence-electron chi connectivity index (χ1n) is 7.51. The number of benzene rings is 3. The first-order valence-corrected chi connectivity index (χ1v) is 7.51. The molecule has 0 saturated carbocycles. The molecular weight excluding hydrogens is 302 g/mol. The van der Waals surface area contributed by atoms with Crippen molar-refractivity contribution in [3.8, 4) is 5.75 Å². The zero-order valence-corrected chi connectivity index (χ0v) is 13.5. The molecule has 0 aliphatic rings. The maximum Gasteiger partial charge on any atom is 0.357 e. The molecule has 0 atom stereocenters. The number of carbonyl (C=O) groups is 1. The SMILES string of the molecule is COC(=O)C(=Nc1ccc(OC)cc1)c1ccc2ccccc2c1. The third-order valence-corrected chi connectivity index (χ3v) is 3.71. The summed E-state index contributed by atoms with van der Waals surface area (Å²) < 4.78 is 10.0. The van der Waals surface area contributed by atoms with Crippen molar-refractivity contribution in [2.45, 2.75) is 0 Å². The fourth-order valence-corrected chi connectivity index (χ4v) is 2.45. The number of hydrogen-bond acceptors (Lipinski definition) is 4. The van der Waals surface area contributed by atoms with E-state index < -0.39 is 5.97 Å². The van der Waals surface area contributed by atoms with Crippen molar-refractivity contribution in [1.29, 1.82) is 0 Å². The van der Waals surface area contributed by atoms with Crippen molar-refractivity contribution >= 4 is 28.1 Å². The normalized spacial score (nSPS) is 11.3. The average Bonchev–Trinajstić information content (AvgIpc) is 2.65. The summed E-state index contributed by atoms with van der Waals surface area (Å²) in [6, 6.07) is 20.9. The molecule has 0 fully saturated rings. The molecule has 4 nitrogen and oxygen atoms in total. The molecule has 0 amide bonds. The first kappa shape index (κ1) is 15.7. The maximum absolute atomic E-state index is 12.2. The van der Waals surface area contributed by atoms with Gasteiger partial charge in [-0.25, -0.2) is 9.79 Å². The lowest BCUT2D eigenvalue weighted by molar-refractivity contribution is -0.132. The van der Waals surface area contributed by atoms with Gasteiger partial charge in [-0.2, -0.15) is 0 Å². The molecule has 0 aliphatic heterocycles. The van der Waals surface area contributed by atoms with Gasteiger partial charge in [0, 0.05) is 5.56 Å². The minimum absolute atomic E-state index is 0.272. The van der Waals surface area contributed by atoms with Crippen LogP contribution in [0.1, 0.15) is 5.56 Å². The summed E-state index contributed by atoms with van der Waals surface area (Å²) in [5, 5.41) is 2.15. The second-order valence-corrected chi connectivity index (χ2v) is 5.21. The fraction of sp³-hybridized carbons (Fsp3) is 0.100. The number of esters is 1. The second-order valence-electron chi connectivity index (χ2n) is 5.21. The Morgan fingerprint density at radius 3 is 2.25 bits per heavy atom. The highest BCUT2D eigenvalue weighted by molar-refractivity contribution is 6.44. The van der Waals surface area contributed by atoms with Crippen LogP contribution in [0.15, 0.2) is 71.7 Å². The van der Waals surface area contributed by atoms with E-state index in [1.54, 1.807) is 31.4 Å². The van der Waals surface area contributed by atoms with E-state index in [-0.39, 0.29) is 5.71 Å². The standard InChI is InChI=1S/C20H17NO3/c1-23-18-11-9-17(10-12-18)21-19(20(22)24-2)16-8-7-14-5-3-4-6-15(14)13-16/h3-13H,1-2H3. The van der Waals surface area contributed by atoms with E-state index in [1.807, 2.05) is 42.5 Å². The molecule has 0 unspecified atom stereocenters. The number of methoxy groups -OCH3 is 2. The van der Waals surface area contributed by atoms with Gasteiger partial charge in [0.15, 0.2) is 5.71 Å². The Bertz CT molecular complexity index is 898. The van der Waals surface area contributed by atoms with Gasteiger partial charge in [0.1, 0.15) is 5.75 Å². The summed E-state index contributed by atoms with van der Waals surface area (Å²) in [6.07, 6.45) is 0. The number of hydrogen-bond donors (Lipinski definition) is 0. The summed E-state index contributed by atoms with van der Waals surface area (Å²) >= 11 is 0. The molecule has 0 saturated heterocycles. The van der Waals surface area contributed by atoms with Crippen LogP contribution in [-0.4, -0.2) is 25.9 Å². The Hall–Kier alpha value is -3.14. The van der Waals surface area contributed by atoms with Gasteiger partial charge in [0.05, 0.1) is 19.9 Å². The van der Waals surface area contributed by atoms with Gasteiger partial charge in [-0.05, 0) is 41.1 Å². The quantitative estimate of drug-likeness (QED) is 0.536. The molecule has 3 rings (SSSR count). The summed E-state index contributed by atoms with van der Waals surface area (Å²) in [4.78, 5) is 16.7. The Balaban J connectivity index is 2.07. The predicted octanol–water partition coefficient (Wildman–Crippen LogP) is 4.14. The highest BCUT2D eigenvalue weighted by Crippen LogP contribution is 2.21. The number of aliphatic imine (C=N–C) groups is 1. The van der Waals surface area contributed by atoms with E-state index in [0.29, 0.717) is 5.69 Å². The predicted molar refractivity (Wildman–Crippen MR) is 95.2 cm³/mol. The highest BCUT2D eigenvalue weighted by atomic mass is 16.5. The van der Waals surface area contributed by atoms with Gasteiger partial charge in [0.2, 0.25) is 0 Å². The lowest BCUT2D eigenvalue weighted by Crippen LogP contribution is -2.16.